The van der Waals surface area contributed by atoms with E-state index >= 15 is 0 Å². The Bertz CT molecular complexity index is 1560. The van der Waals surface area contributed by atoms with E-state index in [4.69, 9.17) is 23.2 Å². The average Bonchev–Trinajstić information content (AvgIpc) is 2.87. The van der Waals surface area contributed by atoms with Gasteiger partial charge in [0.15, 0.2) is 0 Å². The van der Waals surface area contributed by atoms with Crippen LogP contribution < -0.4 is 5.56 Å². The number of hydrogen-bond acceptors (Lipinski definition) is 4. The number of benzene rings is 3. The second kappa shape index (κ2) is 11.0. The van der Waals surface area contributed by atoms with E-state index in [-0.39, 0.29) is 17.0 Å². The van der Waals surface area contributed by atoms with Gasteiger partial charge in [-0.15, -0.1) is 0 Å². The number of rotatable bonds is 7. The molecule has 0 aliphatic heterocycles. The first-order valence-electron chi connectivity index (χ1n) is 11.4. The Morgan fingerprint density at radius 2 is 1.68 bits per heavy atom. The molecular weight excluding hydrogens is 511 g/mol. The minimum atomic E-state index is -0.965. The van der Waals surface area contributed by atoms with E-state index in [1.54, 1.807) is 49.6 Å². The number of halogens is 2. The van der Waals surface area contributed by atoms with E-state index in [1.165, 1.54) is 10.6 Å². The molecule has 0 fully saturated rings. The third-order valence-electron chi connectivity index (χ3n) is 6.37. The Labute approximate surface area is 224 Å². The zero-order valence-electron chi connectivity index (χ0n) is 20.2. The minimum Gasteiger partial charge on any atom is -0.478 e. The predicted octanol–water partition coefficient (Wildman–Crippen LogP) is 6.77. The van der Waals surface area contributed by atoms with Gasteiger partial charge in [0.2, 0.25) is 5.56 Å². The lowest BCUT2D eigenvalue weighted by Gasteiger charge is -2.21. The minimum absolute atomic E-state index is 0.166. The molecule has 37 heavy (non-hydrogen) atoms. The summed E-state index contributed by atoms with van der Waals surface area (Å²) in [6.45, 7) is 1.88. The van der Waals surface area contributed by atoms with Crippen molar-refractivity contribution in [1.82, 2.24) is 4.57 Å². The Morgan fingerprint density at radius 1 is 0.973 bits per heavy atom. The van der Waals surface area contributed by atoms with Gasteiger partial charge in [-0.25, -0.2) is 4.79 Å². The van der Waals surface area contributed by atoms with Crippen LogP contribution in [0.2, 0.25) is 10.0 Å². The SMILES string of the molecule is Cc1cc(C(=O)O)ccc1-c1ccc([C@@H](C/C(=N\O)c2ccc(=O)n(C)c2)c2ccc(Cl)cc2Cl)cc1. The molecule has 0 spiro atoms. The van der Waals surface area contributed by atoms with Crippen LogP contribution in [-0.2, 0) is 7.05 Å². The maximum atomic E-state index is 11.9. The van der Waals surface area contributed by atoms with E-state index < -0.39 is 5.97 Å². The van der Waals surface area contributed by atoms with Gasteiger partial charge in [-0.2, -0.15) is 0 Å². The summed E-state index contributed by atoms with van der Waals surface area (Å²) in [6.07, 6.45) is 1.94. The van der Waals surface area contributed by atoms with Crippen molar-refractivity contribution in [3.05, 3.63) is 127 Å². The Hall–Kier alpha value is -3.87. The molecule has 3 aromatic carbocycles. The molecule has 0 amide bonds. The van der Waals surface area contributed by atoms with Crippen LogP contribution in [0.3, 0.4) is 0 Å². The molecule has 0 aliphatic rings. The van der Waals surface area contributed by atoms with Gasteiger partial charge in [0.1, 0.15) is 0 Å². The van der Waals surface area contributed by atoms with Gasteiger partial charge >= 0.3 is 5.97 Å². The second-order valence-corrected chi connectivity index (χ2v) is 9.64. The maximum Gasteiger partial charge on any atom is 0.335 e. The summed E-state index contributed by atoms with van der Waals surface area (Å²) in [5.41, 5.74) is 5.56. The first kappa shape index (κ1) is 26.2. The van der Waals surface area contributed by atoms with E-state index in [0.29, 0.717) is 27.7 Å². The van der Waals surface area contributed by atoms with Crippen LogP contribution in [0, 0.1) is 6.92 Å². The topological polar surface area (TPSA) is 91.9 Å². The molecule has 0 aliphatic carbocycles. The number of nitrogens with zero attached hydrogens (tertiary/aromatic N) is 2. The van der Waals surface area contributed by atoms with Crippen molar-refractivity contribution in [3.63, 3.8) is 0 Å². The molecule has 4 aromatic rings. The highest BCUT2D eigenvalue weighted by Gasteiger charge is 2.22. The molecule has 1 aromatic heterocycles. The van der Waals surface area contributed by atoms with Crippen LogP contribution in [0.4, 0.5) is 0 Å². The molecule has 0 saturated heterocycles. The van der Waals surface area contributed by atoms with Crippen molar-refractivity contribution in [2.24, 2.45) is 12.2 Å². The zero-order chi connectivity index (χ0) is 26.7. The number of carboxylic acid groups (broad SMARTS) is 1. The molecule has 0 radical (unpaired) electrons. The Balaban J connectivity index is 1.74. The first-order valence-corrected chi connectivity index (χ1v) is 12.2. The highest BCUT2D eigenvalue weighted by molar-refractivity contribution is 6.35. The predicted molar refractivity (Wildman–Crippen MR) is 147 cm³/mol. The van der Waals surface area contributed by atoms with E-state index in [9.17, 15) is 19.9 Å². The van der Waals surface area contributed by atoms with Crippen LogP contribution in [0.1, 0.15) is 45.0 Å². The summed E-state index contributed by atoms with van der Waals surface area (Å²) < 4.78 is 1.43. The van der Waals surface area contributed by atoms with Gasteiger partial charge in [0.05, 0.1) is 11.3 Å². The third-order valence-corrected chi connectivity index (χ3v) is 6.93. The third kappa shape index (κ3) is 5.77. The van der Waals surface area contributed by atoms with Gasteiger partial charge in [0.25, 0.3) is 0 Å². The maximum absolute atomic E-state index is 11.9. The lowest BCUT2D eigenvalue weighted by molar-refractivity contribution is 0.0697. The number of aromatic carboxylic acids is 1. The molecule has 188 valence electrons. The molecule has 0 unspecified atom stereocenters. The van der Waals surface area contributed by atoms with Gasteiger partial charge in [0, 0.05) is 47.3 Å². The van der Waals surface area contributed by atoms with Crippen LogP contribution in [0.5, 0.6) is 0 Å². The summed E-state index contributed by atoms with van der Waals surface area (Å²) in [5, 5.41) is 23.7. The normalized spacial score (nSPS) is 12.4. The van der Waals surface area contributed by atoms with Crippen LogP contribution >= 0.6 is 23.2 Å². The van der Waals surface area contributed by atoms with E-state index in [1.807, 2.05) is 37.3 Å². The Morgan fingerprint density at radius 3 is 2.27 bits per heavy atom. The first-order chi connectivity index (χ1) is 17.7. The number of carboxylic acids is 1. The van der Waals surface area contributed by atoms with E-state index in [0.717, 1.165) is 27.8 Å². The highest BCUT2D eigenvalue weighted by atomic mass is 35.5. The fraction of sp³-hybridized carbons (Fsp3) is 0.138. The van der Waals surface area contributed by atoms with Gasteiger partial charge in [-0.1, -0.05) is 64.8 Å². The molecule has 1 heterocycles. The summed E-state index contributed by atoms with van der Waals surface area (Å²) >= 11 is 12.7. The monoisotopic (exact) mass is 534 g/mol. The van der Waals surface area contributed by atoms with Crippen LogP contribution in [0.15, 0.2) is 88.9 Å². The van der Waals surface area contributed by atoms with Crippen molar-refractivity contribution in [1.29, 1.82) is 0 Å². The standard InChI is InChI=1S/C29H24Cl2N2O4/c1-17-13-20(29(35)36)7-10-23(17)18-3-5-19(6-4-18)25(24-11-9-22(30)14-26(24)31)15-27(32-37)21-8-12-28(34)33(2)16-21/h3-14,16,25,37H,15H2,1-2H3,(H,35,36)/b32-27+/t25-/m1/s1. The molecule has 6 nitrogen and oxygen atoms in total. The Kier molecular flexibility index (Phi) is 7.81. The summed E-state index contributed by atoms with van der Waals surface area (Å²) in [7, 11) is 1.64. The summed E-state index contributed by atoms with van der Waals surface area (Å²) in [6, 6.07) is 21.3. The summed E-state index contributed by atoms with van der Waals surface area (Å²) in [4.78, 5) is 23.1. The fourth-order valence-corrected chi connectivity index (χ4v) is 4.92. The number of carbonyl (C=O) groups is 1. The summed E-state index contributed by atoms with van der Waals surface area (Å²) in [5.74, 6) is -1.25. The van der Waals surface area contributed by atoms with Gasteiger partial charge in [-0.05, 0) is 65.1 Å². The molecule has 8 heteroatoms. The van der Waals surface area contributed by atoms with Gasteiger partial charge < -0.3 is 14.9 Å². The fourth-order valence-electron chi connectivity index (χ4n) is 4.38. The second-order valence-electron chi connectivity index (χ2n) is 8.79. The van der Waals surface area contributed by atoms with Crippen molar-refractivity contribution in [2.75, 3.05) is 0 Å². The molecule has 0 saturated carbocycles. The zero-order valence-corrected chi connectivity index (χ0v) is 21.7. The number of aryl methyl sites for hydroxylation is 2. The molecular formula is C29H24Cl2N2O4. The molecule has 1 atom stereocenters. The van der Waals surface area contributed by atoms with Crippen molar-refractivity contribution >= 4 is 34.9 Å². The molecule has 2 N–H and O–H groups in total. The average molecular weight is 535 g/mol. The van der Waals surface area contributed by atoms with Crippen molar-refractivity contribution in [2.45, 2.75) is 19.3 Å². The number of hydrogen-bond donors (Lipinski definition) is 2. The van der Waals surface area contributed by atoms with Crippen LogP contribution in [-0.4, -0.2) is 26.6 Å². The largest absolute Gasteiger partial charge is 0.478 e. The number of oxime groups is 1. The van der Waals surface area contributed by atoms with Crippen LogP contribution in [0.25, 0.3) is 11.1 Å². The lowest BCUT2D eigenvalue weighted by Crippen LogP contribution is -2.18. The smallest absolute Gasteiger partial charge is 0.335 e. The van der Waals surface area contributed by atoms with E-state index in [2.05, 4.69) is 5.16 Å². The lowest BCUT2D eigenvalue weighted by atomic mass is 9.84. The van der Waals surface area contributed by atoms with Crippen molar-refractivity contribution < 1.29 is 15.1 Å². The van der Waals surface area contributed by atoms with Gasteiger partial charge in [-0.3, -0.25) is 4.79 Å². The van der Waals surface area contributed by atoms with Crippen molar-refractivity contribution in [3.8, 4) is 11.1 Å². The molecule has 0 bridgehead atoms. The highest BCUT2D eigenvalue weighted by Crippen LogP contribution is 2.36. The molecule has 4 rings (SSSR count). The number of aromatic nitrogens is 1. The quantitative estimate of drug-likeness (QED) is 0.155. The number of pyridine rings is 1.